The number of H-pyrrole nitrogens is 1. The van der Waals surface area contributed by atoms with Gasteiger partial charge < -0.3 is 10.3 Å². The molecule has 2 N–H and O–H groups in total. The van der Waals surface area contributed by atoms with Gasteiger partial charge in [0.25, 0.3) is 5.91 Å². The molecule has 0 saturated heterocycles. The minimum absolute atomic E-state index is 0.278. The van der Waals surface area contributed by atoms with E-state index in [0.29, 0.717) is 15.7 Å². The molecule has 1 heterocycles. The third kappa shape index (κ3) is 2.44. The van der Waals surface area contributed by atoms with Crippen LogP contribution in [0.3, 0.4) is 0 Å². The summed E-state index contributed by atoms with van der Waals surface area (Å²) in [4.78, 5) is 15.2. The lowest BCUT2D eigenvalue weighted by Crippen LogP contribution is -2.12. The number of fused-ring (bicyclic) bond motifs is 1. The van der Waals surface area contributed by atoms with Crippen LogP contribution in [0.2, 0.25) is 0 Å². The average Bonchev–Trinajstić information content (AvgIpc) is 2.90. The third-order valence-corrected chi connectivity index (χ3v) is 3.68. The molecule has 0 fully saturated rings. The van der Waals surface area contributed by atoms with Crippen molar-refractivity contribution in [2.45, 2.75) is 0 Å². The van der Waals surface area contributed by atoms with Crippen molar-refractivity contribution in [3.05, 3.63) is 64.5 Å². The van der Waals surface area contributed by atoms with E-state index in [1.165, 1.54) is 12.1 Å². The Morgan fingerprint density at radius 3 is 2.85 bits per heavy atom. The predicted octanol–water partition coefficient (Wildman–Crippen LogP) is 4.32. The summed E-state index contributed by atoms with van der Waals surface area (Å²) in [5.41, 5.74) is 1.89. The molecule has 100 valence electrons. The first-order valence-electron chi connectivity index (χ1n) is 5.97. The van der Waals surface area contributed by atoms with Crippen molar-refractivity contribution in [3.63, 3.8) is 0 Å². The molecular formula is C15H10BrFN2O. The fourth-order valence-corrected chi connectivity index (χ4v) is 2.33. The molecule has 5 heteroatoms. The van der Waals surface area contributed by atoms with Gasteiger partial charge in [-0.2, -0.15) is 0 Å². The summed E-state index contributed by atoms with van der Waals surface area (Å²) >= 11 is 3.28. The summed E-state index contributed by atoms with van der Waals surface area (Å²) in [5, 5.41) is 3.64. The Bertz CT molecular complexity index is 797. The Labute approximate surface area is 122 Å². The number of halogens is 2. The van der Waals surface area contributed by atoms with Gasteiger partial charge in [0.05, 0.1) is 5.69 Å². The molecule has 0 atom stereocenters. The van der Waals surface area contributed by atoms with E-state index in [4.69, 9.17) is 0 Å². The van der Waals surface area contributed by atoms with Crippen LogP contribution in [0.5, 0.6) is 0 Å². The maximum atomic E-state index is 13.2. The first-order valence-corrected chi connectivity index (χ1v) is 6.76. The van der Waals surface area contributed by atoms with Gasteiger partial charge in [-0.3, -0.25) is 4.79 Å². The van der Waals surface area contributed by atoms with E-state index < -0.39 is 5.82 Å². The molecule has 0 radical (unpaired) electrons. The van der Waals surface area contributed by atoms with Crippen molar-refractivity contribution in [3.8, 4) is 0 Å². The van der Waals surface area contributed by atoms with E-state index in [1.807, 2.05) is 18.3 Å². The van der Waals surface area contributed by atoms with Crippen LogP contribution in [0.15, 0.2) is 53.1 Å². The van der Waals surface area contributed by atoms with Gasteiger partial charge in [-0.1, -0.05) is 0 Å². The Hall–Kier alpha value is -2.14. The summed E-state index contributed by atoms with van der Waals surface area (Å²) in [6.45, 7) is 0. The van der Waals surface area contributed by atoms with Crippen LogP contribution in [-0.2, 0) is 0 Å². The number of benzene rings is 2. The summed E-state index contributed by atoms with van der Waals surface area (Å²) in [7, 11) is 0. The molecule has 0 saturated carbocycles. The van der Waals surface area contributed by atoms with Crippen LogP contribution < -0.4 is 5.32 Å². The Kier molecular flexibility index (Phi) is 3.28. The lowest BCUT2D eigenvalue weighted by molar-refractivity contribution is 0.102. The van der Waals surface area contributed by atoms with Crippen molar-refractivity contribution in [2.75, 3.05) is 5.32 Å². The van der Waals surface area contributed by atoms with Crippen molar-refractivity contribution >= 4 is 38.4 Å². The lowest BCUT2D eigenvalue weighted by Gasteiger charge is -2.07. The van der Waals surface area contributed by atoms with E-state index in [0.717, 1.165) is 10.9 Å². The number of anilines is 1. The minimum Gasteiger partial charge on any atom is -0.361 e. The molecule has 3 rings (SSSR count). The van der Waals surface area contributed by atoms with E-state index >= 15 is 0 Å². The predicted molar refractivity (Wildman–Crippen MR) is 80.4 cm³/mol. The highest BCUT2D eigenvalue weighted by Crippen LogP contribution is 2.24. The van der Waals surface area contributed by atoms with Crippen LogP contribution >= 0.6 is 15.9 Å². The summed E-state index contributed by atoms with van der Waals surface area (Å²) < 4.78 is 13.8. The zero-order valence-electron chi connectivity index (χ0n) is 10.3. The first-order chi connectivity index (χ1) is 9.63. The van der Waals surface area contributed by atoms with Gasteiger partial charge in [0.15, 0.2) is 0 Å². The van der Waals surface area contributed by atoms with E-state index in [-0.39, 0.29) is 5.91 Å². The normalized spacial score (nSPS) is 10.7. The maximum absolute atomic E-state index is 13.2. The SMILES string of the molecule is O=C(Nc1cc(F)ccc1Br)c1ccc2[nH]ccc2c1. The summed E-state index contributed by atoms with van der Waals surface area (Å²) in [6.07, 6.45) is 1.81. The van der Waals surface area contributed by atoms with E-state index in [9.17, 15) is 9.18 Å². The molecule has 0 bridgehead atoms. The van der Waals surface area contributed by atoms with Crippen LogP contribution in [-0.4, -0.2) is 10.9 Å². The van der Waals surface area contributed by atoms with Gasteiger partial charge in [0.2, 0.25) is 0 Å². The van der Waals surface area contributed by atoms with Gasteiger partial charge in [-0.25, -0.2) is 4.39 Å². The summed E-state index contributed by atoms with van der Waals surface area (Å²) in [5.74, 6) is -0.677. The monoisotopic (exact) mass is 332 g/mol. The highest BCUT2D eigenvalue weighted by molar-refractivity contribution is 9.10. The largest absolute Gasteiger partial charge is 0.361 e. The summed E-state index contributed by atoms with van der Waals surface area (Å²) in [6, 6.07) is 11.4. The minimum atomic E-state index is -0.399. The van der Waals surface area contributed by atoms with Gasteiger partial charge >= 0.3 is 0 Å². The number of aromatic amines is 1. The number of hydrogen-bond donors (Lipinski definition) is 2. The maximum Gasteiger partial charge on any atom is 0.255 e. The fourth-order valence-electron chi connectivity index (χ4n) is 1.98. The number of hydrogen-bond acceptors (Lipinski definition) is 1. The topological polar surface area (TPSA) is 44.9 Å². The van der Waals surface area contributed by atoms with Crippen molar-refractivity contribution in [1.29, 1.82) is 0 Å². The molecule has 1 aromatic heterocycles. The molecule has 0 aliphatic carbocycles. The van der Waals surface area contributed by atoms with Crippen LogP contribution in [0.4, 0.5) is 10.1 Å². The van der Waals surface area contributed by atoms with Crippen molar-refractivity contribution in [2.24, 2.45) is 0 Å². The Morgan fingerprint density at radius 2 is 2.00 bits per heavy atom. The standard InChI is InChI=1S/C15H10BrFN2O/c16-12-3-2-11(17)8-14(12)19-15(20)10-1-4-13-9(7-10)5-6-18-13/h1-8,18H,(H,19,20). The number of aromatic nitrogens is 1. The quantitative estimate of drug-likeness (QED) is 0.721. The van der Waals surface area contributed by atoms with Crippen molar-refractivity contribution < 1.29 is 9.18 Å². The number of amides is 1. The van der Waals surface area contributed by atoms with E-state index in [2.05, 4.69) is 26.2 Å². The Morgan fingerprint density at radius 1 is 1.15 bits per heavy atom. The second-order valence-electron chi connectivity index (χ2n) is 4.36. The molecule has 20 heavy (non-hydrogen) atoms. The molecule has 0 spiro atoms. The number of nitrogens with one attached hydrogen (secondary N) is 2. The molecule has 0 unspecified atom stereocenters. The zero-order chi connectivity index (χ0) is 14.1. The van der Waals surface area contributed by atoms with Gasteiger partial charge in [-0.05, 0) is 58.4 Å². The van der Waals surface area contributed by atoms with Gasteiger partial charge in [0, 0.05) is 27.1 Å². The average molecular weight is 333 g/mol. The number of rotatable bonds is 2. The fraction of sp³-hybridized carbons (Fsp3) is 0. The molecule has 3 nitrogen and oxygen atoms in total. The van der Waals surface area contributed by atoms with Crippen LogP contribution in [0.1, 0.15) is 10.4 Å². The zero-order valence-corrected chi connectivity index (χ0v) is 11.9. The molecule has 0 aliphatic heterocycles. The highest BCUT2D eigenvalue weighted by atomic mass is 79.9. The molecule has 3 aromatic rings. The molecule has 2 aromatic carbocycles. The second-order valence-corrected chi connectivity index (χ2v) is 5.21. The highest BCUT2D eigenvalue weighted by Gasteiger charge is 2.10. The van der Waals surface area contributed by atoms with Gasteiger partial charge in [-0.15, -0.1) is 0 Å². The number of carbonyl (C=O) groups excluding carboxylic acids is 1. The molecule has 0 aliphatic rings. The first kappa shape index (κ1) is 12.9. The van der Waals surface area contributed by atoms with Crippen molar-refractivity contribution in [1.82, 2.24) is 4.98 Å². The number of carbonyl (C=O) groups is 1. The second kappa shape index (κ2) is 5.09. The Balaban J connectivity index is 1.90. The third-order valence-electron chi connectivity index (χ3n) is 2.99. The van der Waals surface area contributed by atoms with Crippen LogP contribution in [0, 0.1) is 5.82 Å². The van der Waals surface area contributed by atoms with E-state index in [1.54, 1.807) is 18.2 Å². The molecular weight excluding hydrogens is 323 g/mol. The van der Waals surface area contributed by atoms with Gasteiger partial charge in [0.1, 0.15) is 5.82 Å². The molecule has 1 amide bonds. The van der Waals surface area contributed by atoms with Crippen LogP contribution in [0.25, 0.3) is 10.9 Å². The lowest BCUT2D eigenvalue weighted by atomic mass is 10.1. The smallest absolute Gasteiger partial charge is 0.255 e.